The molecule has 0 bridgehead atoms. The molecule has 150 valence electrons. The molecule has 8 heteroatoms. The minimum atomic E-state index is -0.317. The number of thioether (sulfide) groups is 1. The van der Waals surface area contributed by atoms with Crippen LogP contribution in [0.1, 0.15) is 5.69 Å². The van der Waals surface area contributed by atoms with Gasteiger partial charge in [-0.2, -0.15) is 0 Å². The zero-order chi connectivity index (χ0) is 20.8. The highest BCUT2D eigenvalue weighted by atomic mass is 32.2. The van der Waals surface area contributed by atoms with Crippen LogP contribution in [0.5, 0.6) is 11.5 Å². The van der Waals surface area contributed by atoms with Gasteiger partial charge >= 0.3 is 0 Å². The standard InChI is InChI=1S/C21H20FN3O3S/c1-13-10-20(25-21(23-13)14-4-6-15(22)7-5-14)29-12-19(26)24-16-8-9-17(27-2)18(11-16)28-3/h4-11H,12H2,1-3H3,(H,24,26). The van der Waals surface area contributed by atoms with Crippen LogP contribution in [-0.2, 0) is 4.79 Å². The molecule has 0 saturated carbocycles. The molecule has 1 aromatic heterocycles. The summed E-state index contributed by atoms with van der Waals surface area (Å²) in [6.45, 7) is 1.85. The molecule has 0 spiro atoms. The van der Waals surface area contributed by atoms with Gasteiger partial charge < -0.3 is 14.8 Å². The largest absolute Gasteiger partial charge is 0.493 e. The summed E-state index contributed by atoms with van der Waals surface area (Å²) in [4.78, 5) is 21.2. The minimum Gasteiger partial charge on any atom is -0.493 e. The fraction of sp³-hybridized carbons (Fsp3) is 0.190. The van der Waals surface area contributed by atoms with Crippen LogP contribution in [0.15, 0.2) is 53.6 Å². The van der Waals surface area contributed by atoms with Crippen molar-refractivity contribution in [2.45, 2.75) is 11.9 Å². The van der Waals surface area contributed by atoms with Crippen molar-refractivity contribution in [2.24, 2.45) is 0 Å². The highest BCUT2D eigenvalue weighted by Crippen LogP contribution is 2.30. The van der Waals surface area contributed by atoms with Crippen molar-refractivity contribution in [3.05, 3.63) is 60.0 Å². The van der Waals surface area contributed by atoms with E-state index in [4.69, 9.17) is 9.47 Å². The molecule has 0 radical (unpaired) electrons. The Balaban J connectivity index is 1.66. The van der Waals surface area contributed by atoms with Crippen molar-refractivity contribution >= 4 is 23.4 Å². The molecule has 0 unspecified atom stereocenters. The van der Waals surface area contributed by atoms with E-state index in [0.717, 1.165) is 5.69 Å². The highest BCUT2D eigenvalue weighted by molar-refractivity contribution is 7.99. The van der Waals surface area contributed by atoms with E-state index in [1.165, 1.54) is 31.0 Å². The maximum Gasteiger partial charge on any atom is 0.234 e. The van der Waals surface area contributed by atoms with Crippen molar-refractivity contribution < 1.29 is 18.7 Å². The fourth-order valence-corrected chi connectivity index (χ4v) is 3.35. The molecule has 1 heterocycles. The molecule has 6 nitrogen and oxygen atoms in total. The number of halogens is 1. The summed E-state index contributed by atoms with van der Waals surface area (Å²) in [5.41, 5.74) is 2.09. The van der Waals surface area contributed by atoms with Gasteiger partial charge in [0.25, 0.3) is 0 Å². The Bertz CT molecular complexity index is 1010. The zero-order valence-electron chi connectivity index (χ0n) is 16.2. The Labute approximate surface area is 172 Å². The van der Waals surface area contributed by atoms with Crippen LogP contribution in [0.3, 0.4) is 0 Å². The van der Waals surface area contributed by atoms with Gasteiger partial charge in [-0.15, -0.1) is 0 Å². The van der Waals surface area contributed by atoms with Gasteiger partial charge in [0.2, 0.25) is 5.91 Å². The smallest absolute Gasteiger partial charge is 0.234 e. The Morgan fingerprint density at radius 2 is 1.76 bits per heavy atom. The Kier molecular flexibility index (Phi) is 6.66. The number of ether oxygens (including phenoxy) is 2. The number of benzene rings is 2. The van der Waals surface area contributed by atoms with E-state index in [0.29, 0.717) is 33.6 Å². The number of aryl methyl sites for hydroxylation is 1. The van der Waals surface area contributed by atoms with Crippen LogP contribution >= 0.6 is 11.8 Å². The highest BCUT2D eigenvalue weighted by Gasteiger charge is 2.10. The van der Waals surface area contributed by atoms with Gasteiger partial charge in [-0.3, -0.25) is 4.79 Å². The summed E-state index contributed by atoms with van der Waals surface area (Å²) in [6, 6.07) is 13.0. The third-order valence-corrected chi connectivity index (χ3v) is 4.86. The van der Waals surface area contributed by atoms with Crippen molar-refractivity contribution in [3.8, 4) is 22.9 Å². The van der Waals surface area contributed by atoms with Crippen LogP contribution in [0.2, 0.25) is 0 Å². The second-order valence-electron chi connectivity index (χ2n) is 6.08. The number of amides is 1. The Morgan fingerprint density at radius 1 is 1.03 bits per heavy atom. The number of carbonyl (C=O) groups is 1. The average Bonchev–Trinajstić information content (AvgIpc) is 2.72. The number of carbonyl (C=O) groups excluding carboxylic acids is 1. The number of hydrogen-bond acceptors (Lipinski definition) is 6. The summed E-state index contributed by atoms with van der Waals surface area (Å²) in [5.74, 6) is 1.30. The molecular formula is C21H20FN3O3S. The van der Waals surface area contributed by atoms with Crippen molar-refractivity contribution in [1.82, 2.24) is 9.97 Å². The molecule has 0 fully saturated rings. The Hall–Kier alpha value is -3.13. The molecule has 0 saturated heterocycles. The van der Waals surface area contributed by atoms with E-state index < -0.39 is 0 Å². The van der Waals surface area contributed by atoms with Crippen molar-refractivity contribution in [1.29, 1.82) is 0 Å². The summed E-state index contributed by atoms with van der Waals surface area (Å²) < 4.78 is 23.6. The molecule has 3 aromatic rings. The second-order valence-corrected chi connectivity index (χ2v) is 7.08. The maximum absolute atomic E-state index is 13.1. The fourth-order valence-electron chi connectivity index (χ4n) is 2.59. The summed E-state index contributed by atoms with van der Waals surface area (Å²) in [6.07, 6.45) is 0. The molecule has 0 atom stereocenters. The van der Waals surface area contributed by atoms with Crippen LogP contribution in [0.4, 0.5) is 10.1 Å². The van der Waals surface area contributed by atoms with Gasteiger partial charge in [0.15, 0.2) is 17.3 Å². The maximum atomic E-state index is 13.1. The Morgan fingerprint density at radius 3 is 2.45 bits per heavy atom. The summed E-state index contributed by atoms with van der Waals surface area (Å²) >= 11 is 1.30. The van der Waals surface area contributed by atoms with E-state index in [1.807, 2.05) is 6.92 Å². The third-order valence-electron chi connectivity index (χ3n) is 3.95. The topological polar surface area (TPSA) is 73.3 Å². The first kappa shape index (κ1) is 20.6. The minimum absolute atomic E-state index is 0.174. The number of methoxy groups -OCH3 is 2. The number of hydrogen-bond donors (Lipinski definition) is 1. The predicted molar refractivity (Wildman–Crippen MR) is 111 cm³/mol. The van der Waals surface area contributed by atoms with Gasteiger partial charge in [-0.1, -0.05) is 11.8 Å². The van der Waals surface area contributed by atoms with E-state index >= 15 is 0 Å². The number of nitrogens with zero attached hydrogens (tertiary/aromatic N) is 2. The van der Waals surface area contributed by atoms with Gasteiger partial charge in [-0.05, 0) is 49.4 Å². The van der Waals surface area contributed by atoms with Crippen LogP contribution < -0.4 is 14.8 Å². The number of anilines is 1. The van der Waals surface area contributed by atoms with Crippen LogP contribution in [0, 0.1) is 12.7 Å². The molecule has 3 rings (SSSR count). The SMILES string of the molecule is COc1ccc(NC(=O)CSc2cc(C)nc(-c3ccc(F)cc3)n2)cc1OC. The molecule has 1 N–H and O–H groups in total. The van der Waals surface area contributed by atoms with Gasteiger partial charge in [-0.25, -0.2) is 14.4 Å². The molecule has 0 aliphatic heterocycles. The predicted octanol–water partition coefficient (Wildman–Crippen LogP) is 4.34. The lowest BCUT2D eigenvalue weighted by atomic mass is 10.2. The number of rotatable bonds is 7. The van der Waals surface area contributed by atoms with Crippen molar-refractivity contribution in [2.75, 3.05) is 25.3 Å². The first-order valence-corrected chi connectivity index (χ1v) is 9.73. The molecular weight excluding hydrogens is 393 g/mol. The number of aromatic nitrogens is 2. The van der Waals surface area contributed by atoms with E-state index in [2.05, 4.69) is 15.3 Å². The quantitative estimate of drug-likeness (QED) is 0.459. The lowest BCUT2D eigenvalue weighted by Crippen LogP contribution is -2.14. The summed E-state index contributed by atoms with van der Waals surface area (Å²) in [7, 11) is 3.09. The lowest BCUT2D eigenvalue weighted by Gasteiger charge is -2.10. The monoisotopic (exact) mass is 413 g/mol. The van der Waals surface area contributed by atoms with Gasteiger partial charge in [0, 0.05) is 23.0 Å². The van der Waals surface area contributed by atoms with E-state index in [1.54, 1.807) is 43.5 Å². The van der Waals surface area contributed by atoms with Crippen LogP contribution in [0.25, 0.3) is 11.4 Å². The number of nitrogens with one attached hydrogen (secondary N) is 1. The second kappa shape index (κ2) is 9.38. The summed E-state index contributed by atoms with van der Waals surface area (Å²) in [5, 5.41) is 3.49. The average molecular weight is 413 g/mol. The molecule has 0 aliphatic rings. The third kappa shape index (κ3) is 5.45. The van der Waals surface area contributed by atoms with Crippen LogP contribution in [-0.4, -0.2) is 35.8 Å². The lowest BCUT2D eigenvalue weighted by molar-refractivity contribution is -0.113. The van der Waals surface area contributed by atoms with Gasteiger partial charge in [0.1, 0.15) is 10.8 Å². The van der Waals surface area contributed by atoms with E-state index in [9.17, 15) is 9.18 Å². The van der Waals surface area contributed by atoms with Gasteiger partial charge in [0.05, 0.1) is 20.0 Å². The molecule has 0 aliphatic carbocycles. The first-order chi connectivity index (χ1) is 14.0. The molecule has 2 aromatic carbocycles. The molecule has 29 heavy (non-hydrogen) atoms. The van der Waals surface area contributed by atoms with E-state index in [-0.39, 0.29) is 17.5 Å². The first-order valence-electron chi connectivity index (χ1n) is 8.75. The zero-order valence-corrected chi connectivity index (χ0v) is 17.0. The molecule has 1 amide bonds. The van der Waals surface area contributed by atoms with Crippen molar-refractivity contribution in [3.63, 3.8) is 0 Å². The normalized spacial score (nSPS) is 10.5.